The average Bonchev–Trinajstić information content (AvgIpc) is 2.55. The first-order valence-electron chi connectivity index (χ1n) is 9.53. The number of hydrogen-bond acceptors (Lipinski definition) is 2. The molecular weight excluding hydrogens is 296 g/mol. The van der Waals surface area contributed by atoms with E-state index in [1.165, 1.54) is 30.4 Å². The number of fused-ring (bicyclic) bond motifs is 2. The molecule has 0 spiro atoms. The van der Waals surface area contributed by atoms with E-state index in [-0.39, 0.29) is 12.0 Å². The summed E-state index contributed by atoms with van der Waals surface area (Å²) in [5.74, 6) is 1.64. The molecule has 0 aliphatic heterocycles. The second-order valence-electron chi connectivity index (χ2n) is 8.18. The SMILES string of the molecule is Cc1ccc(CC(C)N(C)C(=O)C2CC3CCCC(C2)C3N)cc1. The molecule has 0 saturated heterocycles. The molecule has 2 saturated carbocycles. The maximum atomic E-state index is 13.0. The van der Waals surface area contributed by atoms with E-state index < -0.39 is 0 Å². The zero-order valence-electron chi connectivity index (χ0n) is 15.4. The lowest BCUT2D eigenvalue weighted by Crippen LogP contribution is -2.50. The van der Waals surface area contributed by atoms with E-state index in [9.17, 15) is 4.79 Å². The molecule has 132 valence electrons. The van der Waals surface area contributed by atoms with Crippen LogP contribution in [0.3, 0.4) is 0 Å². The van der Waals surface area contributed by atoms with E-state index in [2.05, 4.69) is 38.1 Å². The van der Waals surface area contributed by atoms with Gasteiger partial charge in [0.1, 0.15) is 0 Å². The van der Waals surface area contributed by atoms with Crippen molar-refractivity contribution in [1.82, 2.24) is 4.90 Å². The van der Waals surface area contributed by atoms with Gasteiger partial charge in [-0.15, -0.1) is 0 Å². The lowest BCUT2D eigenvalue weighted by atomic mass is 9.65. The van der Waals surface area contributed by atoms with Crippen molar-refractivity contribution in [3.63, 3.8) is 0 Å². The lowest BCUT2D eigenvalue weighted by Gasteiger charge is -2.44. The molecule has 1 aromatic carbocycles. The third-order valence-corrected chi connectivity index (χ3v) is 6.42. The zero-order chi connectivity index (χ0) is 17.3. The van der Waals surface area contributed by atoms with Crippen molar-refractivity contribution in [2.45, 2.75) is 64.5 Å². The Hall–Kier alpha value is -1.35. The van der Waals surface area contributed by atoms with Crippen LogP contribution in [0, 0.1) is 24.7 Å². The lowest BCUT2D eigenvalue weighted by molar-refractivity contribution is -0.139. The number of carbonyl (C=O) groups excluding carboxylic acids is 1. The number of nitrogens with zero attached hydrogens (tertiary/aromatic N) is 1. The molecule has 3 heteroatoms. The van der Waals surface area contributed by atoms with Gasteiger partial charge >= 0.3 is 0 Å². The van der Waals surface area contributed by atoms with Crippen LogP contribution in [-0.4, -0.2) is 29.9 Å². The highest BCUT2D eigenvalue weighted by Gasteiger charge is 2.41. The predicted octanol–water partition coefficient (Wildman–Crippen LogP) is 3.54. The van der Waals surface area contributed by atoms with Crippen molar-refractivity contribution in [1.29, 1.82) is 0 Å². The van der Waals surface area contributed by atoms with Crippen molar-refractivity contribution in [3.05, 3.63) is 35.4 Å². The van der Waals surface area contributed by atoms with Crippen LogP contribution in [0.1, 0.15) is 50.2 Å². The number of hydrogen-bond donors (Lipinski definition) is 1. The van der Waals surface area contributed by atoms with Crippen LogP contribution in [0.5, 0.6) is 0 Å². The molecule has 2 aliphatic carbocycles. The van der Waals surface area contributed by atoms with Gasteiger partial charge in [0.25, 0.3) is 0 Å². The van der Waals surface area contributed by atoms with Crippen LogP contribution >= 0.6 is 0 Å². The van der Waals surface area contributed by atoms with Crippen LogP contribution in [0.2, 0.25) is 0 Å². The second-order valence-corrected chi connectivity index (χ2v) is 8.18. The Morgan fingerprint density at radius 1 is 1.21 bits per heavy atom. The van der Waals surface area contributed by atoms with Crippen molar-refractivity contribution in [2.24, 2.45) is 23.5 Å². The molecule has 24 heavy (non-hydrogen) atoms. The minimum absolute atomic E-state index is 0.186. The molecule has 1 aromatic rings. The minimum atomic E-state index is 0.186. The summed E-state index contributed by atoms with van der Waals surface area (Å²) in [5.41, 5.74) is 8.95. The molecule has 0 radical (unpaired) electrons. The maximum absolute atomic E-state index is 13.0. The quantitative estimate of drug-likeness (QED) is 0.919. The Morgan fingerprint density at radius 2 is 1.79 bits per heavy atom. The largest absolute Gasteiger partial charge is 0.342 e. The second kappa shape index (κ2) is 7.26. The Morgan fingerprint density at radius 3 is 2.38 bits per heavy atom. The van der Waals surface area contributed by atoms with E-state index in [0.29, 0.717) is 23.8 Å². The summed E-state index contributed by atoms with van der Waals surface area (Å²) in [6, 6.07) is 9.21. The number of rotatable bonds is 4. The van der Waals surface area contributed by atoms with Gasteiger partial charge in [0, 0.05) is 25.0 Å². The summed E-state index contributed by atoms with van der Waals surface area (Å²) in [7, 11) is 1.98. The fourth-order valence-corrected chi connectivity index (χ4v) is 4.70. The predicted molar refractivity (Wildman–Crippen MR) is 98.6 cm³/mol. The van der Waals surface area contributed by atoms with E-state index in [1.807, 2.05) is 11.9 Å². The fourth-order valence-electron chi connectivity index (χ4n) is 4.70. The van der Waals surface area contributed by atoms with Crippen molar-refractivity contribution in [2.75, 3.05) is 7.05 Å². The Bertz CT molecular complexity index is 554. The Kier molecular flexibility index (Phi) is 5.29. The highest BCUT2D eigenvalue weighted by molar-refractivity contribution is 5.79. The first kappa shape index (κ1) is 17.5. The van der Waals surface area contributed by atoms with Gasteiger partial charge < -0.3 is 10.6 Å². The zero-order valence-corrected chi connectivity index (χ0v) is 15.4. The van der Waals surface area contributed by atoms with Crippen LogP contribution < -0.4 is 5.73 Å². The first-order valence-corrected chi connectivity index (χ1v) is 9.53. The Labute approximate surface area is 146 Å². The van der Waals surface area contributed by atoms with E-state index >= 15 is 0 Å². The Balaban J connectivity index is 1.60. The van der Waals surface area contributed by atoms with Crippen LogP contribution in [-0.2, 0) is 11.2 Å². The minimum Gasteiger partial charge on any atom is -0.342 e. The standard InChI is InChI=1S/C21H32N2O/c1-14-7-9-16(10-8-14)11-15(2)23(3)21(24)19-12-17-5-4-6-18(13-19)20(17)22/h7-10,15,17-20H,4-6,11-13,22H2,1-3H3. The smallest absolute Gasteiger partial charge is 0.225 e. The molecule has 3 unspecified atom stereocenters. The molecule has 3 nitrogen and oxygen atoms in total. The summed E-state index contributed by atoms with van der Waals surface area (Å²) in [6.45, 7) is 4.26. The first-order chi connectivity index (χ1) is 11.5. The highest BCUT2D eigenvalue weighted by atomic mass is 16.2. The van der Waals surface area contributed by atoms with Crippen molar-refractivity contribution >= 4 is 5.91 Å². The number of likely N-dealkylation sites (N-methyl/N-ethyl adjacent to an activating group) is 1. The molecule has 2 N–H and O–H groups in total. The van der Waals surface area contributed by atoms with Gasteiger partial charge in [-0.25, -0.2) is 0 Å². The van der Waals surface area contributed by atoms with Gasteiger partial charge in [0.2, 0.25) is 5.91 Å². The molecule has 2 aliphatic rings. The van der Waals surface area contributed by atoms with Gasteiger partial charge in [0.15, 0.2) is 0 Å². The molecule has 0 heterocycles. The monoisotopic (exact) mass is 328 g/mol. The van der Waals surface area contributed by atoms with Crippen molar-refractivity contribution in [3.8, 4) is 0 Å². The highest BCUT2D eigenvalue weighted by Crippen LogP contribution is 2.42. The van der Waals surface area contributed by atoms with E-state index in [1.54, 1.807) is 0 Å². The summed E-state index contributed by atoms with van der Waals surface area (Å²) < 4.78 is 0. The summed E-state index contributed by atoms with van der Waals surface area (Å²) >= 11 is 0. The fraction of sp³-hybridized carbons (Fsp3) is 0.667. The van der Waals surface area contributed by atoms with Crippen LogP contribution in [0.25, 0.3) is 0 Å². The van der Waals surface area contributed by atoms with Gasteiger partial charge in [-0.05, 0) is 63.4 Å². The van der Waals surface area contributed by atoms with Gasteiger partial charge in [-0.3, -0.25) is 4.79 Å². The van der Waals surface area contributed by atoms with Crippen LogP contribution in [0.4, 0.5) is 0 Å². The molecule has 3 rings (SSSR count). The van der Waals surface area contributed by atoms with Crippen molar-refractivity contribution < 1.29 is 4.79 Å². The van der Waals surface area contributed by atoms with Gasteiger partial charge in [0.05, 0.1) is 0 Å². The van der Waals surface area contributed by atoms with Crippen LogP contribution in [0.15, 0.2) is 24.3 Å². The van der Waals surface area contributed by atoms with Gasteiger partial charge in [-0.2, -0.15) is 0 Å². The number of nitrogens with two attached hydrogens (primary N) is 1. The summed E-state index contributed by atoms with van der Waals surface area (Å²) in [4.78, 5) is 15.0. The molecule has 1 amide bonds. The number of benzene rings is 1. The molecule has 2 bridgehead atoms. The number of carbonyl (C=O) groups is 1. The maximum Gasteiger partial charge on any atom is 0.225 e. The third kappa shape index (κ3) is 3.66. The van der Waals surface area contributed by atoms with Gasteiger partial charge in [-0.1, -0.05) is 36.2 Å². The third-order valence-electron chi connectivity index (χ3n) is 6.42. The molecule has 0 aromatic heterocycles. The topological polar surface area (TPSA) is 46.3 Å². The molecular formula is C21H32N2O. The molecule has 3 atom stereocenters. The molecule has 2 fully saturated rings. The average molecular weight is 329 g/mol. The number of aryl methyl sites for hydroxylation is 1. The summed E-state index contributed by atoms with van der Waals surface area (Å²) in [5, 5.41) is 0. The van der Waals surface area contributed by atoms with E-state index in [0.717, 1.165) is 19.3 Å². The van der Waals surface area contributed by atoms with E-state index in [4.69, 9.17) is 5.73 Å². The number of amides is 1. The normalized spacial score (nSPS) is 30.7. The summed E-state index contributed by atoms with van der Waals surface area (Å²) in [6.07, 6.45) is 6.63.